The standard InChI is InChI=1S/C37H59BO3/c1-4-7-10-13-16-19-22-29-39-35-27-25-34(26-28-35)38-40-36-30-32(23-20-17-14-11-8-5-2)33(31-37(36)41-38)24-21-18-15-12-9-6-3/h25-28,30-31H,4-24,29H2,1-3H3. The first-order chi connectivity index (χ1) is 20.2. The predicted molar refractivity (Wildman–Crippen MR) is 177 cm³/mol. The van der Waals surface area contributed by atoms with Crippen LogP contribution in [0.25, 0.3) is 0 Å². The van der Waals surface area contributed by atoms with Crippen LogP contribution in [0.15, 0.2) is 36.4 Å². The van der Waals surface area contributed by atoms with Crippen LogP contribution in [0.3, 0.4) is 0 Å². The van der Waals surface area contributed by atoms with E-state index in [4.69, 9.17) is 14.0 Å². The highest BCUT2D eigenvalue weighted by Crippen LogP contribution is 2.37. The third-order valence-electron chi connectivity index (χ3n) is 8.50. The lowest BCUT2D eigenvalue weighted by Gasteiger charge is -2.12. The molecule has 0 fully saturated rings. The lowest BCUT2D eigenvalue weighted by Crippen LogP contribution is -2.38. The van der Waals surface area contributed by atoms with Gasteiger partial charge in [-0.05, 0) is 67.5 Å². The molecule has 1 aliphatic rings. The number of hydrogen-bond acceptors (Lipinski definition) is 3. The quantitative estimate of drug-likeness (QED) is 0.0941. The van der Waals surface area contributed by atoms with Crippen LogP contribution in [0, 0.1) is 0 Å². The summed E-state index contributed by atoms with van der Waals surface area (Å²) in [5.41, 5.74) is 3.97. The molecular formula is C37H59BO3. The molecule has 2 aromatic carbocycles. The summed E-state index contributed by atoms with van der Waals surface area (Å²) in [5.74, 6) is 2.74. The van der Waals surface area contributed by atoms with Crippen molar-refractivity contribution < 1.29 is 14.0 Å². The topological polar surface area (TPSA) is 27.7 Å². The van der Waals surface area contributed by atoms with Crippen molar-refractivity contribution in [3.63, 3.8) is 0 Å². The molecule has 0 amide bonds. The molecule has 2 aromatic rings. The molecular weight excluding hydrogens is 503 g/mol. The van der Waals surface area contributed by atoms with Crippen LogP contribution in [0.2, 0.25) is 0 Å². The zero-order chi connectivity index (χ0) is 29.0. The van der Waals surface area contributed by atoms with Gasteiger partial charge < -0.3 is 14.0 Å². The number of fused-ring (bicyclic) bond motifs is 1. The Morgan fingerprint density at radius 1 is 0.512 bits per heavy atom. The molecule has 0 aromatic heterocycles. The summed E-state index contributed by atoms with van der Waals surface area (Å²) in [5, 5.41) is 0. The van der Waals surface area contributed by atoms with Crippen molar-refractivity contribution in [3.8, 4) is 17.2 Å². The number of ether oxygens (including phenoxy) is 1. The number of unbranched alkanes of at least 4 members (excludes halogenated alkanes) is 16. The van der Waals surface area contributed by atoms with Crippen molar-refractivity contribution in [3.05, 3.63) is 47.5 Å². The third kappa shape index (κ3) is 12.8. The molecule has 1 aliphatic heterocycles. The molecule has 0 radical (unpaired) electrons. The molecule has 0 unspecified atom stereocenters. The van der Waals surface area contributed by atoms with Crippen LogP contribution in [0.5, 0.6) is 17.2 Å². The highest BCUT2D eigenvalue weighted by molar-refractivity contribution is 6.63. The Morgan fingerprint density at radius 2 is 0.927 bits per heavy atom. The number of benzene rings is 2. The summed E-state index contributed by atoms with van der Waals surface area (Å²) >= 11 is 0. The van der Waals surface area contributed by atoms with Crippen molar-refractivity contribution in [2.24, 2.45) is 0 Å². The summed E-state index contributed by atoms with van der Waals surface area (Å²) in [4.78, 5) is 0. The Balaban J connectivity index is 1.51. The Morgan fingerprint density at radius 3 is 1.39 bits per heavy atom. The third-order valence-corrected chi connectivity index (χ3v) is 8.50. The molecule has 0 N–H and O–H groups in total. The van der Waals surface area contributed by atoms with Gasteiger partial charge in [0, 0.05) is 5.46 Å². The average Bonchev–Trinajstić information content (AvgIpc) is 3.41. The average molecular weight is 563 g/mol. The van der Waals surface area contributed by atoms with E-state index >= 15 is 0 Å². The van der Waals surface area contributed by atoms with E-state index in [0.29, 0.717) is 0 Å². The van der Waals surface area contributed by atoms with Crippen molar-refractivity contribution >= 4 is 12.6 Å². The van der Waals surface area contributed by atoms with Crippen LogP contribution in [-0.2, 0) is 12.8 Å². The second-order valence-electron chi connectivity index (χ2n) is 12.2. The minimum Gasteiger partial charge on any atom is -0.519 e. The molecule has 41 heavy (non-hydrogen) atoms. The van der Waals surface area contributed by atoms with E-state index in [-0.39, 0.29) is 7.12 Å². The van der Waals surface area contributed by atoms with Gasteiger partial charge in [0.2, 0.25) is 0 Å². The Kier molecular flexibility index (Phi) is 16.9. The van der Waals surface area contributed by atoms with Crippen LogP contribution in [-0.4, -0.2) is 13.7 Å². The van der Waals surface area contributed by atoms with Crippen LogP contribution >= 0.6 is 0 Å². The summed E-state index contributed by atoms with van der Waals surface area (Å²) in [6, 6.07) is 12.9. The number of hydrogen-bond donors (Lipinski definition) is 0. The fourth-order valence-corrected chi connectivity index (χ4v) is 5.85. The smallest absolute Gasteiger partial charge is 0.519 e. The molecule has 3 nitrogen and oxygen atoms in total. The lowest BCUT2D eigenvalue weighted by atomic mass is 9.79. The van der Waals surface area contributed by atoms with Gasteiger partial charge in [-0.15, -0.1) is 0 Å². The van der Waals surface area contributed by atoms with Gasteiger partial charge in [-0.1, -0.05) is 136 Å². The second kappa shape index (κ2) is 20.7. The fraction of sp³-hybridized carbons (Fsp3) is 0.676. The monoisotopic (exact) mass is 562 g/mol. The summed E-state index contributed by atoms with van der Waals surface area (Å²) < 4.78 is 18.7. The maximum atomic E-state index is 6.35. The van der Waals surface area contributed by atoms with Crippen molar-refractivity contribution in [1.29, 1.82) is 0 Å². The normalized spacial score (nSPS) is 12.3. The van der Waals surface area contributed by atoms with E-state index in [1.807, 2.05) is 0 Å². The molecule has 228 valence electrons. The van der Waals surface area contributed by atoms with Crippen LogP contribution in [0.1, 0.15) is 154 Å². The van der Waals surface area contributed by atoms with Gasteiger partial charge in [-0.25, -0.2) is 0 Å². The highest BCUT2D eigenvalue weighted by Gasteiger charge is 2.34. The van der Waals surface area contributed by atoms with Crippen molar-refractivity contribution in [2.75, 3.05) is 6.61 Å². The molecule has 0 aliphatic carbocycles. The summed E-state index contributed by atoms with van der Waals surface area (Å²) in [6.45, 7) is 7.63. The molecule has 0 atom stereocenters. The van der Waals surface area contributed by atoms with Gasteiger partial charge in [0.1, 0.15) is 17.2 Å². The Labute approximate surface area is 253 Å². The van der Waals surface area contributed by atoms with E-state index < -0.39 is 0 Å². The SMILES string of the molecule is CCCCCCCCCOc1ccc(B2Oc3cc(CCCCCCCC)c(CCCCCCCC)cc3O2)cc1. The molecule has 0 spiro atoms. The zero-order valence-corrected chi connectivity index (χ0v) is 26.8. The Hall–Kier alpha value is -2.10. The molecule has 1 heterocycles. The van der Waals surface area contributed by atoms with Crippen molar-refractivity contribution in [2.45, 2.75) is 156 Å². The molecule has 4 heteroatoms. The fourth-order valence-electron chi connectivity index (χ4n) is 5.85. The van der Waals surface area contributed by atoms with Gasteiger partial charge >= 0.3 is 7.12 Å². The van der Waals surface area contributed by atoms with E-state index in [2.05, 4.69) is 57.2 Å². The largest absolute Gasteiger partial charge is 0.632 e. The molecule has 3 rings (SSSR count). The molecule has 0 saturated heterocycles. The van der Waals surface area contributed by atoms with E-state index in [1.165, 1.54) is 127 Å². The predicted octanol–water partition coefficient (Wildman–Crippen LogP) is 10.8. The second-order valence-corrected chi connectivity index (χ2v) is 12.2. The van der Waals surface area contributed by atoms with Gasteiger partial charge in [0.05, 0.1) is 6.61 Å². The highest BCUT2D eigenvalue weighted by atomic mass is 16.6. The maximum Gasteiger partial charge on any atom is 0.632 e. The van der Waals surface area contributed by atoms with Crippen LogP contribution < -0.4 is 19.5 Å². The molecule has 0 saturated carbocycles. The van der Waals surface area contributed by atoms with Gasteiger partial charge in [0.25, 0.3) is 0 Å². The number of rotatable bonds is 24. The van der Waals surface area contributed by atoms with E-state index in [1.54, 1.807) is 0 Å². The van der Waals surface area contributed by atoms with Crippen molar-refractivity contribution in [1.82, 2.24) is 0 Å². The number of aryl methyl sites for hydroxylation is 2. The first-order valence-electron chi connectivity index (χ1n) is 17.5. The van der Waals surface area contributed by atoms with Gasteiger partial charge in [0.15, 0.2) is 0 Å². The van der Waals surface area contributed by atoms with Gasteiger partial charge in [-0.2, -0.15) is 0 Å². The minimum atomic E-state index is -0.381. The molecule has 0 bridgehead atoms. The Bertz CT molecular complexity index is 897. The summed E-state index contributed by atoms with van der Waals surface area (Å²) in [6.07, 6.45) is 27.3. The van der Waals surface area contributed by atoms with E-state index in [0.717, 1.165) is 48.6 Å². The zero-order valence-electron chi connectivity index (χ0n) is 26.8. The maximum absolute atomic E-state index is 6.35. The van der Waals surface area contributed by atoms with Gasteiger partial charge in [-0.3, -0.25) is 0 Å². The first-order valence-corrected chi connectivity index (χ1v) is 17.5. The van der Waals surface area contributed by atoms with Crippen LogP contribution in [0.4, 0.5) is 0 Å². The minimum absolute atomic E-state index is 0.381. The lowest BCUT2D eigenvalue weighted by molar-refractivity contribution is 0.304. The first kappa shape index (κ1) is 33.4. The summed E-state index contributed by atoms with van der Waals surface area (Å²) in [7, 11) is -0.381. The van der Waals surface area contributed by atoms with E-state index in [9.17, 15) is 0 Å².